The molecule has 4 aromatic rings. The molecule has 4 aromatic carbocycles. The quantitative estimate of drug-likeness (QED) is 0.112. The van der Waals surface area contributed by atoms with Crippen LogP contribution in [0, 0.1) is 35.0 Å². The number of anilines is 1. The van der Waals surface area contributed by atoms with Crippen molar-refractivity contribution < 1.29 is 41.3 Å². The molecule has 242 valence electrons. The number of hydrogen-bond acceptors (Lipinski definition) is 5. The summed E-state index contributed by atoms with van der Waals surface area (Å²) in [5, 5.41) is 11.7. The second-order valence-electron chi connectivity index (χ2n) is 11.4. The summed E-state index contributed by atoms with van der Waals surface area (Å²) in [6.45, 7) is 4.63. The van der Waals surface area contributed by atoms with E-state index in [1.807, 2.05) is 56.4 Å². The van der Waals surface area contributed by atoms with Gasteiger partial charge in [0, 0.05) is 29.8 Å². The highest BCUT2D eigenvalue weighted by Crippen LogP contribution is 2.42. The van der Waals surface area contributed by atoms with Crippen molar-refractivity contribution in [2.24, 2.45) is 5.92 Å². The zero-order chi connectivity index (χ0) is 33.1. The maximum Gasteiger partial charge on any atom is 0.261 e. The first-order valence-electron chi connectivity index (χ1n) is 14.7. The van der Waals surface area contributed by atoms with Crippen molar-refractivity contribution in [3.8, 4) is 0 Å². The Morgan fingerprint density at radius 3 is 1.98 bits per heavy atom. The van der Waals surface area contributed by atoms with Crippen LogP contribution >= 0.6 is 0 Å². The molecule has 11 heteroatoms. The van der Waals surface area contributed by atoms with E-state index in [0.717, 1.165) is 16.7 Å². The first-order chi connectivity index (χ1) is 22.0. The molecule has 0 saturated carbocycles. The molecule has 0 bridgehead atoms. The maximum absolute atomic E-state index is 14.2. The number of carbonyl (C=O) groups excluding carboxylic acids is 1. The number of aliphatic hydroxyl groups excluding tert-OH is 1. The van der Waals surface area contributed by atoms with Gasteiger partial charge < -0.3 is 19.9 Å². The van der Waals surface area contributed by atoms with Crippen LogP contribution in [0.4, 0.5) is 27.6 Å². The predicted octanol–water partition coefficient (Wildman–Crippen LogP) is 7.61. The summed E-state index contributed by atoms with van der Waals surface area (Å²) in [7, 11) is 2.02. The van der Waals surface area contributed by atoms with Crippen molar-refractivity contribution >= 4 is 11.6 Å². The van der Waals surface area contributed by atoms with Gasteiger partial charge in [0.1, 0.15) is 5.56 Å². The summed E-state index contributed by atoms with van der Waals surface area (Å²) >= 11 is 0. The number of aliphatic hydroxyl groups is 1. The van der Waals surface area contributed by atoms with Crippen LogP contribution < -0.4 is 5.32 Å². The van der Waals surface area contributed by atoms with Gasteiger partial charge in [0.05, 0.1) is 18.8 Å². The van der Waals surface area contributed by atoms with E-state index in [4.69, 9.17) is 9.47 Å². The Morgan fingerprint density at radius 1 is 0.826 bits per heavy atom. The summed E-state index contributed by atoms with van der Waals surface area (Å²) in [6.07, 6.45) is -1.51. The number of rotatable bonds is 9. The highest BCUT2D eigenvalue weighted by Gasteiger charge is 2.39. The summed E-state index contributed by atoms with van der Waals surface area (Å²) < 4.78 is 82.0. The van der Waals surface area contributed by atoms with Gasteiger partial charge in [-0.05, 0) is 42.8 Å². The fraction of sp³-hybridized carbons (Fsp3) is 0.286. The number of likely N-dealkylation sites (N-methyl/N-ethyl adjacent to an activating group) is 1. The average Bonchev–Trinajstić information content (AvgIpc) is 3.08. The normalized spacial score (nSPS) is 20.5. The third-order valence-electron chi connectivity index (χ3n) is 8.41. The lowest BCUT2D eigenvalue weighted by molar-refractivity contribution is -0.276. The molecule has 1 aliphatic heterocycles. The third-order valence-corrected chi connectivity index (χ3v) is 8.41. The van der Waals surface area contributed by atoms with Crippen molar-refractivity contribution in [3.05, 3.63) is 136 Å². The zero-order valence-electron chi connectivity index (χ0n) is 25.3. The fourth-order valence-corrected chi connectivity index (χ4v) is 5.48. The molecule has 0 unspecified atom stereocenters. The largest absolute Gasteiger partial charge is 0.392 e. The summed E-state index contributed by atoms with van der Waals surface area (Å²) in [5.41, 5.74) is 1.85. The summed E-state index contributed by atoms with van der Waals surface area (Å²) in [4.78, 5) is 14.7. The van der Waals surface area contributed by atoms with Crippen molar-refractivity contribution in [2.75, 3.05) is 18.9 Å². The van der Waals surface area contributed by atoms with E-state index >= 15 is 0 Å². The van der Waals surface area contributed by atoms with E-state index in [2.05, 4.69) is 29.3 Å². The van der Waals surface area contributed by atoms with Gasteiger partial charge in [-0.1, -0.05) is 73.7 Å². The second-order valence-corrected chi connectivity index (χ2v) is 11.4. The molecule has 5 atom stereocenters. The molecule has 1 aliphatic rings. The maximum atomic E-state index is 14.2. The minimum Gasteiger partial charge on any atom is -0.392 e. The van der Waals surface area contributed by atoms with E-state index in [1.54, 1.807) is 12.1 Å². The molecular weight excluding hydrogens is 607 g/mol. The second kappa shape index (κ2) is 14.1. The first-order valence-corrected chi connectivity index (χ1v) is 14.7. The average molecular weight is 641 g/mol. The minimum atomic E-state index is -2.35. The first kappa shape index (κ1) is 33.2. The van der Waals surface area contributed by atoms with Gasteiger partial charge in [-0.2, -0.15) is 0 Å². The predicted molar refractivity (Wildman–Crippen MR) is 161 cm³/mol. The van der Waals surface area contributed by atoms with Crippen molar-refractivity contribution in [2.45, 2.75) is 45.0 Å². The van der Waals surface area contributed by atoms with Crippen LogP contribution in [0.5, 0.6) is 0 Å². The number of ether oxygens (including phenoxy) is 2. The van der Waals surface area contributed by atoms with E-state index in [1.165, 1.54) is 12.1 Å². The van der Waals surface area contributed by atoms with Crippen LogP contribution in [0.3, 0.4) is 0 Å². The highest BCUT2D eigenvalue weighted by molar-refractivity contribution is 6.04. The molecule has 0 radical (unpaired) electrons. The Hall–Kier alpha value is -4.16. The lowest BCUT2D eigenvalue weighted by atomic mass is 9.89. The monoisotopic (exact) mass is 640 g/mol. The smallest absolute Gasteiger partial charge is 0.261 e. The van der Waals surface area contributed by atoms with Crippen molar-refractivity contribution in [1.29, 1.82) is 0 Å². The molecule has 6 nitrogen and oxygen atoms in total. The molecule has 0 spiro atoms. The van der Waals surface area contributed by atoms with Crippen LogP contribution in [0.1, 0.15) is 64.9 Å². The van der Waals surface area contributed by atoms with Gasteiger partial charge in [0.15, 0.2) is 29.6 Å². The van der Waals surface area contributed by atoms with Crippen LogP contribution in [0.25, 0.3) is 0 Å². The molecule has 2 N–H and O–H groups in total. The van der Waals surface area contributed by atoms with Gasteiger partial charge in [0.25, 0.3) is 5.91 Å². The topological polar surface area (TPSA) is 71.0 Å². The Kier molecular flexibility index (Phi) is 10.2. The number of nitrogens with one attached hydrogen (secondary N) is 1. The lowest BCUT2D eigenvalue weighted by Gasteiger charge is -2.43. The van der Waals surface area contributed by atoms with E-state index in [0.29, 0.717) is 12.1 Å². The summed E-state index contributed by atoms with van der Waals surface area (Å²) in [5.74, 6) is -12.8. The molecule has 1 fully saturated rings. The molecular formula is C35H33F5N2O4. The van der Waals surface area contributed by atoms with Gasteiger partial charge in [0.2, 0.25) is 5.82 Å². The van der Waals surface area contributed by atoms with Crippen molar-refractivity contribution in [1.82, 2.24) is 4.90 Å². The van der Waals surface area contributed by atoms with Crippen LogP contribution in [0.15, 0.2) is 78.9 Å². The Bertz CT molecular complexity index is 1640. The van der Waals surface area contributed by atoms with Gasteiger partial charge in [-0.3, -0.25) is 9.69 Å². The molecule has 1 amide bonds. The number of hydrogen-bond donors (Lipinski definition) is 2. The number of carbonyl (C=O) groups is 1. The molecule has 1 saturated heterocycles. The highest BCUT2D eigenvalue weighted by atomic mass is 19.2. The van der Waals surface area contributed by atoms with Gasteiger partial charge in [-0.25, -0.2) is 22.0 Å². The Labute approximate surface area is 263 Å². The van der Waals surface area contributed by atoms with E-state index in [9.17, 15) is 31.9 Å². The number of nitrogens with zero attached hydrogens (tertiary/aromatic N) is 1. The molecule has 0 aliphatic carbocycles. The third kappa shape index (κ3) is 6.82. The van der Waals surface area contributed by atoms with Gasteiger partial charge >= 0.3 is 0 Å². The number of halogens is 5. The lowest BCUT2D eigenvalue weighted by Crippen LogP contribution is -2.44. The fourth-order valence-electron chi connectivity index (χ4n) is 5.48. The molecule has 0 aromatic heterocycles. The standard InChI is InChI=1S/C35H33F5N2O4/c1-19-26(17-42(3)20(2)22-7-5-4-6-8-22)45-35(46-33(19)23-11-9-21(18-43)10-12-23)24-13-15-25(16-14-24)41-34(44)27-28(36)30(38)32(40)31(39)29(27)37/h4-16,19-20,26,33,35,43H,17-18H2,1-3H3,(H,41,44)/t19-,20+,26+,33+,35+/m1/s1. The molecule has 5 rings (SSSR count). The summed E-state index contributed by atoms with van der Waals surface area (Å²) in [6, 6.07) is 23.6. The van der Waals surface area contributed by atoms with Gasteiger partial charge in [-0.15, -0.1) is 0 Å². The Morgan fingerprint density at radius 2 is 1.39 bits per heavy atom. The minimum absolute atomic E-state index is 0.0472. The van der Waals surface area contributed by atoms with Crippen LogP contribution in [-0.2, 0) is 16.1 Å². The molecule has 46 heavy (non-hydrogen) atoms. The van der Waals surface area contributed by atoms with Crippen LogP contribution in [-0.4, -0.2) is 35.6 Å². The van der Waals surface area contributed by atoms with E-state index < -0.39 is 46.8 Å². The Balaban J connectivity index is 1.38. The van der Waals surface area contributed by atoms with Crippen molar-refractivity contribution in [3.63, 3.8) is 0 Å². The van der Waals surface area contributed by atoms with Crippen LogP contribution in [0.2, 0.25) is 0 Å². The van der Waals surface area contributed by atoms with E-state index in [-0.39, 0.29) is 36.5 Å². The number of benzene rings is 4. The number of amides is 1. The molecule has 1 heterocycles. The SMILES string of the molecule is C[C@@H]1[C@H](CN(C)[C@@H](C)c2ccccc2)O[C@H](c2ccc(NC(=O)c3c(F)c(F)c(F)c(F)c3F)cc2)O[C@@H]1c1ccc(CO)cc1. The zero-order valence-corrected chi connectivity index (χ0v) is 25.3.